The van der Waals surface area contributed by atoms with E-state index < -0.39 is 11.7 Å². The maximum absolute atomic E-state index is 12.7. The number of benzene rings is 1. The van der Waals surface area contributed by atoms with Crippen LogP contribution in [0.4, 0.5) is 13.2 Å². The Balaban J connectivity index is 1.91. The van der Waals surface area contributed by atoms with Gasteiger partial charge in [-0.05, 0) is 18.2 Å². The number of aromatic nitrogens is 2. The minimum Gasteiger partial charge on any atom is -0.330 e. The summed E-state index contributed by atoms with van der Waals surface area (Å²) in [5.41, 5.74) is 0.479. The quantitative estimate of drug-likeness (QED) is 0.920. The summed E-state index contributed by atoms with van der Waals surface area (Å²) in [4.78, 5) is 6.63. The van der Waals surface area contributed by atoms with Gasteiger partial charge in [0.05, 0.1) is 23.1 Å². The summed E-state index contributed by atoms with van der Waals surface area (Å²) in [6, 6.07) is 3.72. The number of alkyl halides is 3. The molecule has 4 nitrogen and oxygen atoms in total. The van der Waals surface area contributed by atoms with Crippen molar-refractivity contribution >= 4 is 11.0 Å². The minimum absolute atomic E-state index is 0.400. The summed E-state index contributed by atoms with van der Waals surface area (Å²) < 4.78 is 40.1. The van der Waals surface area contributed by atoms with Crippen molar-refractivity contribution in [3.8, 4) is 0 Å². The van der Waals surface area contributed by atoms with Crippen molar-refractivity contribution < 1.29 is 13.2 Å². The second kappa shape index (κ2) is 5.31. The highest BCUT2D eigenvalue weighted by Crippen LogP contribution is 2.31. The van der Waals surface area contributed by atoms with Crippen LogP contribution in [-0.4, -0.2) is 40.6 Å². The Kier molecular flexibility index (Phi) is 3.62. The van der Waals surface area contributed by atoms with Crippen LogP contribution in [0.15, 0.2) is 18.2 Å². The van der Waals surface area contributed by atoms with Gasteiger partial charge in [-0.2, -0.15) is 13.2 Å². The first-order valence-electron chi connectivity index (χ1n) is 6.91. The largest absolute Gasteiger partial charge is 0.416 e. The number of fused-ring (bicyclic) bond motifs is 1. The van der Waals surface area contributed by atoms with E-state index in [1.807, 2.05) is 11.6 Å². The topological polar surface area (TPSA) is 33.1 Å². The first-order chi connectivity index (χ1) is 9.95. The van der Waals surface area contributed by atoms with Gasteiger partial charge in [-0.25, -0.2) is 4.98 Å². The Labute approximate surface area is 120 Å². The van der Waals surface area contributed by atoms with Gasteiger partial charge in [0.2, 0.25) is 0 Å². The van der Waals surface area contributed by atoms with Crippen molar-refractivity contribution in [2.24, 2.45) is 7.05 Å². The van der Waals surface area contributed by atoms with Crippen LogP contribution in [0, 0.1) is 0 Å². The van der Waals surface area contributed by atoms with Crippen LogP contribution in [0.1, 0.15) is 11.4 Å². The number of hydrogen-bond donors (Lipinski definition) is 1. The van der Waals surface area contributed by atoms with Gasteiger partial charge in [0, 0.05) is 33.2 Å². The highest BCUT2D eigenvalue weighted by atomic mass is 19.4. The lowest BCUT2D eigenvalue weighted by atomic mass is 10.2. The third-order valence-electron chi connectivity index (χ3n) is 3.88. The van der Waals surface area contributed by atoms with E-state index in [4.69, 9.17) is 0 Å². The highest BCUT2D eigenvalue weighted by molar-refractivity contribution is 5.77. The molecule has 2 heterocycles. The molecule has 1 aliphatic heterocycles. The normalized spacial score (nSPS) is 17.5. The number of nitrogens with zero attached hydrogens (tertiary/aromatic N) is 3. The van der Waals surface area contributed by atoms with E-state index in [9.17, 15) is 13.2 Å². The average Bonchev–Trinajstić information content (AvgIpc) is 2.75. The molecule has 0 amide bonds. The molecule has 0 spiro atoms. The molecule has 0 unspecified atom stereocenters. The number of halogens is 3. The van der Waals surface area contributed by atoms with Crippen molar-refractivity contribution in [2.45, 2.75) is 12.7 Å². The fraction of sp³-hybridized carbons (Fsp3) is 0.500. The molecule has 0 radical (unpaired) electrons. The number of hydrogen-bond acceptors (Lipinski definition) is 3. The molecule has 1 aromatic heterocycles. The van der Waals surface area contributed by atoms with Crippen LogP contribution in [-0.2, 0) is 19.8 Å². The lowest BCUT2D eigenvalue weighted by Crippen LogP contribution is -2.43. The van der Waals surface area contributed by atoms with Gasteiger partial charge in [-0.15, -0.1) is 0 Å². The van der Waals surface area contributed by atoms with Crippen molar-refractivity contribution in [3.05, 3.63) is 29.6 Å². The molecular formula is C14H17F3N4. The van der Waals surface area contributed by atoms with Gasteiger partial charge >= 0.3 is 6.18 Å². The zero-order valence-electron chi connectivity index (χ0n) is 11.7. The van der Waals surface area contributed by atoms with Crippen LogP contribution < -0.4 is 5.32 Å². The molecule has 1 saturated heterocycles. The third-order valence-corrected chi connectivity index (χ3v) is 3.88. The summed E-state index contributed by atoms with van der Waals surface area (Å²) in [6.07, 6.45) is -4.33. The molecule has 21 heavy (non-hydrogen) atoms. The summed E-state index contributed by atoms with van der Waals surface area (Å²) >= 11 is 0. The molecule has 1 aromatic carbocycles. The van der Waals surface area contributed by atoms with Crippen molar-refractivity contribution in [1.82, 2.24) is 19.8 Å². The minimum atomic E-state index is -4.33. The summed E-state index contributed by atoms with van der Waals surface area (Å²) in [6.45, 7) is 4.38. The lowest BCUT2D eigenvalue weighted by Gasteiger charge is -2.26. The van der Waals surface area contributed by atoms with E-state index in [-0.39, 0.29) is 0 Å². The Hall–Kier alpha value is -1.60. The zero-order chi connectivity index (χ0) is 15.0. The molecule has 7 heteroatoms. The molecule has 0 aliphatic carbocycles. The fourth-order valence-electron chi connectivity index (χ4n) is 2.64. The molecule has 0 atom stereocenters. The van der Waals surface area contributed by atoms with Crippen molar-refractivity contribution in [1.29, 1.82) is 0 Å². The number of nitrogens with one attached hydrogen (secondary N) is 1. The van der Waals surface area contributed by atoms with Crippen molar-refractivity contribution in [3.63, 3.8) is 0 Å². The molecule has 114 valence electrons. The molecule has 0 saturated carbocycles. The number of piperazine rings is 1. The van der Waals surface area contributed by atoms with Gasteiger partial charge in [0.15, 0.2) is 0 Å². The Bertz CT molecular complexity index is 641. The van der Waals surface area contributed by atoms with Gasteiger partial charge in [0.1, 0.15) is 5.82 Å². The first-order valence-corrected chi connectivity index (χ1v) is 6.91. The number of imidazole rings is 1. The fourth-order valence-corrected chi connectivity index (χ4v) is 2.64. The van der Waals surface area contributed by atoms with Gasteiger partial charge < -0.3 is 9.88 Å². The number of aryl methyl sites for hydroxylation is 1. The molecule has 1 aliphatic rings. The van der Waals surface area contributed by atoms with Crippen LogP contribution in [0.3, 0.4) is 0 Å². The second-order valence-electron chi connectivity index (χ2n) is 5.31. The van der Waals surface area contributed by atoms with E-state index in [1.54, 1.807) is 0 Å². The summed E-state index contributed by atoms with van der Waals surface area (Å²) in [5, 5.41) is 3.27. The highest BCUT2D eigenvalue weighted by Gasteiger charge is 2.31. The van der Waals surface area contributed by atoms with E-state index in [0.717, 1.165) is 49.7 Å². The van der Waals surface area contributed by atoms with Crippen LogP contribution in [0.5, 0.6) is 0 Å². The van der Waals surface area contributed by atoms with Crippen LogP contribution in [0.25, 0.3) is 11.0 Å². The maximum atomic E-state index is 12.7. The first kappa shape index (κ1) is 14.3. The summed E-state index contributed by atoms with van der Waals surface area (Å²) in [7, 11) is 1.85. The Morgan fingerprint density at radius 1 is 1.24 bits per heavy atom. The molecule has 3 rings (SSSR count). The van der Waals surface area contributed by atoms with Crippen LogP contribution in [0.2, 0.25) is 0 Å². The van der Waals surface area contributed by atoms with Gasteiger partial charge in [-0.1, -0.05) is 0 Å². The van der Waals surface area contributed by atoms with E-state index in [2.05, 4.69) is 15.2 Å². The Morgan fingerprint density at radius 3 is 2.62 bits per heavy atom. The molecule has 2 aromatic rings. The van der Waals surface area contributed by atoms with E-state index >= 15 is 0 Å². The monoisotopic (exact) mass is 298 g/mol. The van der Waals surface area contributed by atoms with Gasteiger partial charge in [-0.3, -0.25) is 4.90 Å². The standard InChI is InChI=1S/C14H17F3N4/c1-20-12-3-2-10(14(15,16)17)8-11(12)19-13(20)9-21-6-4-18-5-7-21/h2-3,8,18H,4-7,9H2,1H3. The summed E-state index contributed by atoms with van der Waals surface area (Å²) in [5.74, 6) is 0.797. The van der Waals surface area contributed by atoms with Crippen molar-refractivity contribution in [2.75, 3.05) is 26.2 Å². The molecule has 1 fully saturated rings. The van der Waals surface area contributed by atoms with Crippen LogP contribution >= 0.6 is 0 Å². The Morgan fingerprint density at radius 2 is 1.95 bits per heavy atom. The predicted octanol–water partition coefficient (Wildman–Crippen LogP) is 2.00. The number of rotatable bonds is 2. The van der Waals surface area contributed by atoms with Gasteiger partial charge in [0.25, 0.3) is 0 Å². The molecular weight excluding hydrogens is 281 g/mol. The smallest absolute Gasteiger partial charge is 0.330 e. The van der Waals surface area contributed by atoms with E-state index in [1.165, 1.54) is 6.07 Å². The molecule has 0 bridgehead atoms. The second-order valence-corrected chi connectivity index (χ2v) is 5.31. The maximum Gasteiger partial charge on any atom is 0.416 e. The van der Waals surface area contributed by atoms with E-state index in [0.29, 0.717) is 12.1 Å². The lowest BCUT2D eigenvalue weighted by molar-refractivity contribution is -0.137. The zero-order valence-corrected chi connectivity index (χ0v) is 11.7. The molecule has 1 N–H and O–H groups in total. The average molecular weight is 298 g/mol. The predicted molar refractivity (Wildman–Crippen MR) is 73.9 cm³/mol. The third kappa shape index (κ3) is 2.89. The SMILES string of the molecule is Cn1c(CN2CCNCC2)nc2cc(C(F)(F)F)ccc21.